The normalized spacial score (nSPS) is 12.4. The maximum absolute atomic E-state index is 11.0. The van der Waals surface area contributed by atoms with E-state index in [-0.39, 0.29) is 11.2 Å². The summed E-state index contributed by atoms with van der Waals surface area (Å²) in [4.78, 5) is 12.0. The summed E-state index contributed by atoms with van der Waals surface area (Å²) in [7, 11) is 0. The van der Waals surface area contributed by atoms with Crippen molar-refractivity contribution in [2.45, 2.75) is 23.5 Å². The number of hydrogen-bond donors (Lipinski definition) is 1. The van der Waals surface area contributed by atoms with Gasteiger partial charge in [0.05, 0.1) is 5.25 Å². The molecule has 2 N–H and O–H groups in total. The topological polar surface area (TPSA) is 43.1 Å². The van der Waals surface area contributed by atoms with E-state index in [4.69, 9.17) is 17.3 Å². The standard InChI is InChI=1S/C10H12ClNOS/c1-2-9(10(12)13)14-8-5-3-7(11)4-6-8/h3-6,9H,2H2,1H3,(H2,12,13)/t9-/m1/s1. The summed E-state index contributed by atoms with van der Waals surface area (Å²) in [5.74, 6) is -0.271. The SMILES string of the molecule is CC[C@@H](Sc1ccc(Cl)cc1)C(N)=O. The number of hydrogen-bond acceptors (Lipinski definition) is 2. The summed E-state index contributed by atoms with van der Waals surface area (Å²) in [5.41, 5.74) is 5.24. The summed E-state index contributed by atoms with van der Waals surface area (Å²) in [6.07, 6.45) is 0.739. The Kier molecular flexibility index (Phi) is 4.29. The van der Waals surface area contributed by atoms with Crippen LogP contribution in [0.2, 0.25) is 5.02 Å². The van der Waals surface area contributed by atoms with Gasteiger partial charge in [0.1, 0.15) is 0 Å². The fourth-order valence-electron chi connectivity index (χ4n) is 1.02. The van der Waals surface area contributed by atoms with Crippen molar-refractivity contribution in [1.82, 2.24) is 0 Å². The second kappa shape index (κ2) is 5.27. The Balaban J connectivity index is 2.67. The molecule has 1 aromatic carbocycles. The molecule has 0 heterocycles. The lowest BCUT2D eigenvalue weighted by atomic mass is 10.3. The van der Waals surface area contributed by atoms with Gasteiger partial charge in [0, 0.05) is 9.92 Å². The number of rotatable bonds is 4. The predicted octanol–water partition coefficient (Wildman–Crippen LogP) is 2.70. The first kappa shape index (κ1) is 11.4. The summed E-state index contributed by atoms with van der Waals surface area (Å²) >= 11 is 7.22. The Morgan fingerprint density at radius 1 is 1.50 bits per heavy atom. The van der Waals surface area contributed by atoms with Crippen LogP contribution in [0.15, 0.2) is 29.2 Å². The van der Waals surface area contributed by atoms with E-state index in [1.165, 1.54) is 11.8 Å². The van der Waals surface area contributed by atoms with Crippen molar-refractivity contribution in [2.75, 3.05) is 0 Å². The number of amides is 1. The van der Waals surface area contributed by atoms with Gasteiger partial charge in [0.15, 0.2) is 0 Å². The molecule has 0 radical (unpaired) electrons. The molecule has 1 amide bonds. The van der Waals surface area contributed by atoms with E-state index in [9.17, 15) is 4.79 Å². The predicted molar refractivity (Wildman–Crippen MR) is 60.6 cm³/mol. The molecular weight excluding hydrogens is 218 g/mol. The van der Waals surface area contributed by atoms with E-state index in [1.807, 2.05) is 19.1 Å². The summed E-state index contributed by atoms with van der Waals surface area (Å²) < 4.78 is 0. The van der Waals surface area contributed by atoms with Gasteiger partial charge in [0.25, 0.3) is 0 Å². The quantitative estimate of drug-likeness (QED) is 0.807. The molecule has 0 saturated carbocycles. The highest BCUT2D eigenvalue weighted by Crippen LogP contribution is 2.26. The van der Waals surface area contributed by atoms with E-state index in [0.29, 0.717) is 5.02 Å². The molecule has 0 saturated heterocycles. The third kappa shape index (κ3) is 3.24. The summed E-state index contributed by atoms with van der Waals surface area (Å²) in [6, 6.07) is 7.38. The van der Waals surface area contributed by atoms with Crippen molar-refractivity contribution in [3.63, 3.8) is 0 Å². The molecule has 1 aromatic rings. The lowest BCUT2D eigenvalue weighted by Crippen LogP contribution is -2.24. The van der Waals surface area contributed by atoms with E-state index in [0.717, 1.165) is 11.3 Å². The van der Waals surface area contributed by atoms with Crippen LogP contribution in [0.4, 0.5) is 0 Å². The lowest BCUT2D eigenvalue weighted by Gasteiger charge is -2.09. The second-order valence-corrected chi connectivity index (χ2v) is 4.58. The molecule has 1 rings (SSSR count). The van der Waals surface area contributed by atoms with Gasteiger partial charge in [-0.1, -0.05) is 18.5 Å². The molecular formula is C10H12ClNOS. The van der Waals surface area contributed by atoms with Crippen LogP contribution in [0.3, 0.4) is 0 Å². The van der Waals surface area contributed by atoms with Crippen molar-refractivity contribution >= 4 is 29.3 Å². The number of halogens is 1. The number of primary amides is 1. The highest BCUT2D eigenvalue weighted by Gasteiger charge is 2.13. The lowest BCUT2D eigenvalue weighted by molar-refractivity contribution is -0.117. The maximum atomic E-state index is 11.0. The van der Waals surface area contributed by atoms with Gasteiger partial charge >= 0.3 is 0 Å². The first-order valence-corrected chi connectivity index (χ1v) is 5.60. The van der Waals surface area contributed by atoms with Crippen LogP contribution in [0.1, 0.15) is 13.3 Å². The van der Waals surface area contributed by atoms with E-state index in [2.05, 4.69) is 0 Å². The minimum Gasteiger partial charge on any atom is -0.369 e. The van der Waals surface area contributed by atoms with E-state index >= 15 is 0 Å². The Morgan fingerprint density at radius 3 is 2.50 bits per heavy atom. The second-order valence-electron chi connectivity index (χ2n) is 2.87. The molecule has 2 nitrogen and oxygen atoms in total. The van der Waals surface area contributed by atoms with Crippen LogP contribution < -0.4 is 5.73 Å². The number of thioether (sulfide) groups is 1. The highest BCUT2D eigenvalue weighted by molar-refractivity contribution is 8.00. The largest absolute Gasteiger partial charge is 0.369 e. The number of carbonyl (C=O) groups is 1. The first-order chi connectivity index (χ1) is 6.63. The Morgan fingerprint density at radius 2 is 2.07 bits per heavy atom. The van der Waals surface area contributed by atoms with Crippen LogP contribution in [0.5, 0.6) is 0 Å². The van der Waals surface area contributed by atoms with Gasteiger partial charge in [-0.25, -0.2) is 0 Å². The van der Waals surface area contributed by atoms with Crippen LogP contribution >= 0.6 is 23.4 Å². The molecule has 14 heavy (non-hydrogen) atoms. The third-order valence-corrected chi connectivity index (χ3v) is 3.43. The Bertz CT molecular complexity index is 312. The number of benzene rings is 1. The van der Waals surface area contributed by atoms with Gasteiger partial charge in [-0.3, -0.25) is 4.79 Å². The van der Waals surface area contributed by atoms with Gasteiger partial charge in [0.2, 0.25) is 5.91 Å². The van der Waals surface area contributed by atoms with Crippen molar-refractivity contribution in [2.24, 2.45) is 5.73 Å². The first-order valence-electron chi connectivity index (χ1n) is 4.35. The summed E-state index contributed by atoms with van der Waals surface area (Å²) in [6.45, 7) is 1.94. The number of carbonyl (C=O) groups excluding carboxylic acids is 1. The van der Waals surface area contributed by atoms with E-state index < -0.39 is 0 Å². The van der Waals surface area contributed by atoms with Gasteiger partial charge in [-0.2, -0.15) is 0 Å². The van der Waals surface area contributed by atoms with Crippen LogP contribution in [0, 0.1) is 0 Å². The molecule has 0 aliphatic heterocycles. The minimum atomic E-state index is -0.271. The molecule has 0 fully saturated rings. The van der Waals surface area contributed by atoms with Crippen molar-refractivity contribution in [1.29, 1.82) is 0 Å². The molecule has 4 heteroatoms. The van der Waals surface area contributed by atoms with Gasteiger partial charge in [-0.05, 0) is 30.7 Å². The molecule has 76 valence electrons. The fourth-order valence-corrected chi connectivity index (χ4v) is 2.05. The monoisotopic (exact) mass is 229 g/mol. The van der Waals surface area contributed by atoms with E-state index in [1.54, 1.807) is 12.1 Å². The van der Waals surface area contributed by atoms with Crippen molar-refractivity contribution in [3.8, 4) is 0 Å². The molecule has 1 atom stereocenters. The zero-order chi connectivity index (χ0) is 10.6. The average Bonchev–Trinajstić information content (AvgIpc) is 2.16. The smallest absolute Gasteiger partial charge is 0.230 e. The zero-order valence-corrected chi connectivity index (χ0v) is 9.44. The molecule has 0 spiro atoms. The maximum Gasteiger partial charge on any atom is 0.230 e. The Hall–Kier alpha value is -0.670. The molecule has 0 aromatic heterocycles. The Labute approximate surface area is 92.8 Å². The van der Waals surface area contributed by atoms with Crippen LogP contribution in [0.25, 0.3) is 0 Å². The number of nitrogens with two attached hydrogens (primary N) is 1. The zero-order valence-electron chi connectivity index (χ0n) is 7.87. The molecule has 0 unspecified atom stereocenters. The molecule has 0 aliphatic carbocycles. The van der Waals surface area contributed by atoms with Crippen LogP contribution in [-0.2, 0) is 4.79 Å². The van der Waals surface area contributed by atoms with Gasteiger partial charge < -0.3 is 5.73 Å². The average molecular weight is 230 g/mol. The summed E-state index contributed by atoms with van der Waals surface area (Å²) in [5, 5.41) is 0.539. The third-order valence-electron chi connectivity index (χ3n) is 1.78. The highest BCUT2D eigenvalue weighted by atomic mass is 35.5. The minimum absolute atomic E-state index is 0.156. The van der Waals surface area contributed by atoms with Crippen molar-refractivity contribution in [3.05, 3.63) is 29.3 Å². The van der Waals surface area contributed by atoms with Crippen LogP contribution in [-0.4, -0.2) is 11.2 Å². The fraction of sp³-hybridized carbons (Fsp3) is 0.300. The molecule has 0 aliphatic rings. The molecule has 0 bridgehead atoms. The van der Waals surface area contributed by atoms with Crippen molar-refractivity contribution < 1.29 is 4.79 Å². The van der Waals surface area contributed by atoms with Gasteiger partial charge in [-0.15, -0.1) is 11.8 Å².